The Labute approximate surface area is 104 Å². The Hall–Kier alpha value is -1.93. The Kier molecular flexibility index (Phi) is 2.50. The fourth-order valence-corrected chi connectivity index (χ4v) is 1.86. The summed E-state index contributed by atoms with van der Waals surface area (Å²) in [6.45, 7) is 0. The fourth-order valence-electron chi connectivity index (χ4n) is 1.73. The molecule has 0 aliphatic carbocycles. The van der Waals surface area contributed by atoms with Gasteiger partial charge in [-0.05, 0) is 36.4 Å². The highest BCUT2D eigenvalue weighted by molar-refractivity contribution is 6.30. The van der Waals surface area contributed by atoms with Crippen molar-refractivity contribution in [1.82, 2.24) is 9.97 Å². The van der Waals surface area contributed by atoms with E-state index in [9.17, 15) is 0 Å². The summed E-state index contributed by atoms with van der Waals surface area (Å²) in [4.78, 5) is 8.77. The SMILES string of the molecule is Clc1ccc(-c2ccc3cccnc3n2)cc1. The minimum Gasteiger partial charge on any atom is -0.237 e. The van der Waals surface area contributed by atoms with Crippen LogP contribution in [-0.4, -0.2) is 9.97 Å². The second-order valence-corrected chi connectivity index (χ2v) is 4.19. The summed E-state index contributed by atoms with van der Waals surface area (Å²) in [5.41, 5.74) is 2.72. The molecule has 3 aromatic rings. The number of nitrogens with zero attached hydrogens (tertiary/aromatic N) is 2. The van der Waals surface area contributed by atoms with Crippen LogP contribution >= 0.6 is 11.6 Å². The predicted octanol–water partition coefficient (Wildman–Crippen LogP) is 3.95. The van der Waals surface area contributed by atoms with Gasteiger partial charge >= 0.3 is 0 Å². The molecule has 0 bridgehead atoms. The van der Waals surface area contributed by atoms with E-state index in [4.69, 9.17) is 11.6 Å². The number of hydrogen-bond acceptors (Lipinski definition) is 2. The van der Waals surface area contributed by atoms with Crippen molar-refractivity contribution >= 4 is 22.6 Å². The third-order valence-corrected chi connectivity index (χ3v) is 2.86. The maximum atomic E-state index is 5.86. The van der Waals surface area contributed by atoms with Crippen molar-refractivity contribution in [2.45, 2.75) is 0 Å². The maximum absolute atomic E-state index is 5.86. The zero-order valence-electron chi connectivity index (χ0n) is 8.97. The molecule has 0 saturated heterocycles. The maximum Gasteiger partial charge on any atom is 0.159 e. The van der Waals surface area contributed by atoms with Gasteiger partial charge in [-0.25, -0.2) is 9.97 Å². The lowest BCUT2D eigenvalue weighted by molar-refractivity contribution is 1.29. The molecule has 0 spiro atoms. The van der Waals surface area contributed by atoms with Crippen LogP contribution in [0.25, 0.3) is 22.3 Å². The van der Waals surface area contributed by atoms with Gasteiger partial charge in [0.25, 0.3) is 0 Å². The molecule has 2 heterocycles. The number of pyridine rings is 2. The average Bonchev–Trinajstić information content (AvgIpc) is 2.39. The Bertz CT molecular complexity index is 662. The number of benzene rings is 1. The van der Waals surface area contributed by atoms with Gasteiger partial charge in [0.05, 0.1) is 5.69 Å². The van der Waals surface area contributed by atoms with Crippen LogP contribution < -0.4 is 0 Å². The highest BCUT2D eigenvalue weighted by Crippen LogP contribution is 2.21. The minimum absolute atomic E-state index is 0.729. The molecule has 3 heteroatoms. The van der Waals surface area contributed by atoms with Crippen LogP contribution in [0.15, 0.2) is 54.7 Å². The van der Waals surface area contributed by atoms with Crippen LogP contribution in [-0.2, 0) is 0 Å². The van der Waals surface area contributed by atoms with E-state index in [1.165, 1.54) is 0 Å². The van der Waals surface area contributed by atoms with E-state index in [-0.39, 0.29) is 0 Å². The first-order valence-corrected chi connectivity index (χ1v) is 5.68. The predicted molar refractivity (Wildman–Crippen MR) is 70.0 cm³/mol. The summed E-state index contributed by atoms with van der Waals surface area (Å²) >= 11 is 5.86. The van der Waals surface area contributed by atoms with Crippen LogP contribution in [0.3, 0.4) is 0 Å². The topological polar surface area (TPSA) is 25.8 Å². The van der Waals surface area contributed by atoms with Crippen LogP contribution in [0.2, 0.25) is 5.02 Å². The quantitative estimate of drug-likeness (QED) is 0.644. The summed E-state index contributed by atoms with van der Waals surface area (Å²) in [5, 5.41) is 1.78. The summed E-state index contributed by atoms with van der Waals surface area (Å²) in [5.74, 6) is 0. The van der Waals surface area contributed by atoms with E-state index >= 15 is 0 Å². The van der Waals surface area contributed by atoms with Crippen molar-refractivity contribution in [1.29, 1.82) is 0 Å². The highest BCUT2D eigenvalue weighted by Gasteiger charge is 2.01. The fraction of sp³-hybridized carbons (Fsp3) is 0. The van der Waals surface area contributed by atoms with E-state index in [1.54, 1.807) is 6.20 Å². The second-order valence-electron chi connectivity index (χ2n) is 3.75. The zero-order valence-corrected chi connectivity index (χ0v) is 9.72. The lowest BCUT2D eigenvalue weighted by atomic mass is 10.1. The van der Waals surface area contributed by atoms with Gasteiger partial charge in [0.15, 0.2) is 5.65 Å². The Morgan fingerprint density at radius 2 is 1.71 bits per heavy atom. The van der Waals surface area contributed by atoms with Gasteiger partial charge in [0, 0.05) is 22.2 Å². The first kappa shape index (κ1) is 10.2. The molecule has 0 amide bonds. The van der Waals surface area contributed by atoms with Gasteiger partial charge in [0.2, 0.25) is 0 Å². The lowest BCUT2D eigenvalue weighted by Crippen LogP contribution is -1.87. The van der Waals surface area contributed by atoms with Crippen molar-refractivity contribution in [3.8, 4) is 11.3 Å². The monoisotopic (exact) mass is 240 g/mol. The van der Waals surface area contributed by atoms with Crippen molar-refractivity contribution in [3.63, 3.8) is 0 Å². The summed E-state index contributed by atoms with van der Waals surface area (Å²) in [6, 6.07) is 15.6. The van der Waals surface area contributed by atoms with Gasteiger partial charge in [-0.2, -0.15) is 0 Å². The molecule has 17 heavy (non-hydrogen) atoms. The third kappa shape index (κ3) is 1.99. The van der Waals surface area contributed by atoms with Crippen molar-refractivity contribution in [2.24, 2.45) is 0 Å². The molecular formula is C14H9ClN2. The molecule has 0 unspecified atom stereocenters. The van der Waals surface area contributed by atoms with Crippen molar-refractivity contribution in [3.05, 3.63) is 59.8 Å². The molecule has 0 saturated carbocycles. The van der Waals surface area contributed by atoms with Gasteiger partial charge < -0.3 is 0 Å². The molecule has 0 atom stereocenters. The number of rotatable bonds is 1. The molecule has 1 aromatic carbocycles. The van der Waals surface area contributed by atoms with Crippen LogP contribution in [0.1, 0.15) is 0 Å². The lowest BCUT2D eigenvalue weighted by Gasteiger charge is -2.02. The summed E-state index contributed by atoms with van der Waals surface area (Å²) in [7, 11) is 0. The molecule has 2 nitrogen and oxygen atoms in total. The van der Waals surface area contributed by atoms with Crippen LogP contribution in [0, 0.1) is 0 Å². The third-order valence-electron chi connectivity index (χ3n) is 2.60. The normalized spacial score (nSPS) is 10.6. The molecular weight excluding hydrogens is 232 g/mol. The standard InChI is InChI=1S/C14H9ClN2/c15-12-6-3-10(4-7-12)13-8-5-11-2-1-9-16-14(11)17-13/h1-9H. The molecule has 0 aliphatic rings. The van der Waals surface area contributed by atoms with Crippen LogP contribution in [0.5, 0.6) is 0 Å². The second kappa shape index (κ2) is 4.15. The highest BCUT2D eigenvalue weighted by atomic mass is 35.5. The average molecular weight is 241 g/mol. The molecule has 0 fully saturated rings. The van der Waals surface area contributed by atoms with Crippen molar-refractivity contribution in [2.75, 3.05) is 0 Å². The molecule has 82 valence electrons. The smallest absolute Gasteiger partial charge is 0.159 e. The van der Waals surface area contributed by atoms with Crippen LogP contribution in [0.4, 0.5) is 0 Å². The zero-order chi connectivity index (χ0) is 11.7. The molecule has 0 aliphatic heterocycles. The number of fused-ring (bicyclic) bond motifs is 1. The summed E-state index contributed by atoms with van der Waals surface area (Å²) < 4.78 is 0. The molecule has 0 radical (unpaired) electrons. The molecule has 0 N–H and O–H groups in total. The van der Waals surface area contributed by atoms with E-state index in [1.807, 2.05) is 48.5 Å². The molecule has 2 aromatic heterocycles. The van der Waals surface area contributed by atoms with Gasteiger partial charge in [-0.1, -0.05) is 23.7 Å². The first-order valence-electron chi connectivity index (χ1n) is 5.31. The minimum atomic E-state index is 0.729. The van der Waals surface area contributed by atoms with E-state index in [0.29, 0.717) is 0 Å². The molecule has 3 rings (SSSR count). The summed E-state index contributed by atoms with van der Waals surface area (Å²) in [6.07, 6.45) is 1.75. The van der Waals surface area contributed by atoms with Crippen molar-refractivity contribution < 1.29 is 0 Å². The van der Waals surface area contributed by atoms with Gasteiger partial charge in [-0.15, -0.1) is 0 Å². The first-order chi connectivity index (χ1) is 8.33. The Morgan fingerprint density at radius 3 is 2.53 bits per heavy atom. The number of hydrogen-bond donors (Lipinski definition) is 0. The Balaban J connectivity index is 2.14. The number of halogens is 1. The van der Waals surface area contributed by atoms with E-state index < -0.39 is 0 Å². The van der Waals surface area contributed by atoms with Gasteiger partial charge in [0.1, 0.15) is 0 Å². The largest absolute Gasteiger partial charge is 0.237 e. The number of aromatic nitrogens is 2. The van der Waals surface area contributed by atoms with Gasteiger partial charge in [-0.3, -0.25) is 0 Å². The Morgan fingerprint density at radius 1 is 0.882 bits per heavy atom. The van der Waals surface area contributed by atoms with E-state index in [0.717, 1.165) is 27.3 Å². The van der Waals surface area contributed by atoms with E-state index in [2.05, 4.69) is 9.97 Å².